The quantitative estimate of drug-likeness (QED) is 0.417. The average molecular weight is 439 g/mol. The highest BCUT2D eigenvalue weighted by atomic mass is 79.9. The second-order valence-corrected chi connectivity index (χ2v) is 7.24. The molecule has 1 spiro atoms. The lowest BCUT2D eigenvalue weighted by atomic mass is 9.87. The van der Waals surface area contributed by atoms with Gasteiger partial charge in [0.1, 0.15) is 11.2 Å². The Labute approximate surface area is 163 Å². The smallest absolute Gasteiger partial charge is 0.344 e. The van der Waals surface area contributed by atoms with Gasteiger partial charge in [-0.3, -0.25) is 15.0 Å². The molecule has 0 aromatic heterocycles. The van der Waals surface area contributed by atoms with Crippen LogP contribution < -0.4 is 16.4 Å². The van der Waals surface area contributed by atoms with Crippen molar-refractivity contribution >= 4 is 45.2 Å². The van der Waals surface area contributed by atoms with Crippen LogP contribution in [0.15, 0.2) is 26.6 Å². The van der Waals surface area contributed by atoms with E-state index in [9.17, 15) is 14.9 Å². The highest BCUT2D eigenvalue weighted by molar-refractivity contribution is 9.10. The van der Waals surface area contributed by atoms with E-state index in [1.807, 2.05) is 0 Å². The molecular weight excluding hydrogens is 420 g/mol. The molecule has 1 heterocycles. The minimum absolute atomic E-state index is 0.0943. The van der Waals surface area contributed by atoms with Crippen molar-refractivity contribution in [1.82, 2.24) is 0 Å². The van der Waals surface area contributed by atoms with Crippen molar-refractivity contribution in [1.29, 1.82) is 0 Å². The van der Waals surface area contributed by atoms with Crippen LogP contribution in [0.1, 0.15) is 42.5 Å². The first-order valence-electron chi connectivity index (χ1n) is 8.35. The van der Waals surface area contributed by atoms with Crippen LogP contribution in [0.3, 0.4) is 0 Å². The Hall–Kier alpha value is -2.69. The lowest BCUT2D eigenvalue weighted by molar-refractivity contribution is -0.385. The number of anilines is 1. The summed E-state index contributed by atoms with van der Waals surface area (Å²) in [7, 11) is 1.16. The van der Waals surface area contributed by atoms with E-state index in [0.29, 0.717) is 23.0 Å². The number of hydrogen-bond donors (Lipinski definition) is 2. The number of halogens is 1. The van der Waals surface area contributed by atoms with Gasteiger partial charge in [0.2, 0.25) is 11.9 Å². The van der Waals surface area contributed by atoms with Crippen molar-refractivity contribution in [3.8, 4) is 0 Å². The van der Waals surface area contributed by atoms with Crippen LogP contribution in [0.25, 0.3) is 0 Å². The second-order valence-electron chi connectivity index (χ2n) is 6.39. The number of nitrogens with zero attached hydrogens (tertiary/aromatic N) is 4. The summed E-state index contributed by atoms with van der Waals surface area (Å²) in [4.78, 5) is 33.2. The fraction of sp³-hybridized carbons (Fsp3) is 0.438. The van der Waals surface area contributed by atoms with E-state index in [-0.39, 0.29) is 23.2 Å². The summed E-state index contributed by atoms with van der Waals surface area (Å²) >= 11 is 3.36. The Kier molecular flexibility index (Phi) is 5.05. The number of nitro benzene ring substituents is 1. The molecule has 27 heavy (non-hydrogen) atoms. The first-order chi connectivity index (χ1) is 12.8. The van der Waals surface area contributed by atoms with Crippen molar-refractivity contribution in [2.24, 2.45) is 21.5 Å². The molecule has 1 aliphatic carbocycles. The van der Waals surface area contributed by atoms with Gasteiger partial charge in [0.05, 0.1) is 17.7 Å². The first-order valence-corrected chi connectivity index (χ1v) is 9.14. The molecule has 1 aliphatic heterocycles. The van der Waals surface area contributed by atoms with Gasteiger partial charge in [-0.15, -0.1) is 0 Å². The zero-order valence-corrected chi connectivity index (χ0v) is 16.2. The van der Waals surface area contributed by atoms with Crippen LogP contribution in [0.5, 0.6) is 0 Å². The molecule has 0 bridgehead atoms. The summed E-state index contributed by atoms with van der Waals surface area (Å²) < 4.78 is 5.09. The fourth-order valence-corrected chi connectivity index (χ4v) is 4.13. The number of ether oxygens (including phenoxy) is 1. The lowest BCUT2D eigenvalue weighted by Crippen LogP contribution is -2.58. The van der Waals surface area contributed by atoms with Crippen molar-refractivity contribution in [2.45, 2.75) is 37.8 Å². The van der Waals surface area contributed by atoms with Crippen LogP contribution in [0.2, 0.25) is 0 Å². The van der Waals surface area contributed by atoms with E-state index >= 15 is 0 Å². The SMILES string of the molecule is COC(=O)c1cc(N2C(N)=NC(N)=NC23CCCCC3)c(Br)cc1[N+](=O)[O-]. The topological polar surface area (TPSA) is 149 Å². The number of guanidine groups is 2. The van der Waals surface area contributed by atoms with Crippen LogP contribution >= 0.6 is 15.9 Å². The number of nitrogens with two attached hydrogens (primary N) is 2. The predicted octanol–water partition coefficient (Wildman–Crippen LogP) is 2.25. The van der Waals surface area contributed by atoms with Gasteiger partial charge in [-0.2, -0.15) is 4.99 Å². The number of nitro groups is 1. The number of carbonyl (C=O) groups excluding carboxylic acids is 1. The Morgan fingerprint density at radius 2 is 2.00 bits per heavy atom. The molecule has 0 atom stereocenters. The van der Waals surface area contributed by atoms with E-state index in [1.165, 1.54) is 12.1 Å². The van der Waals surface area contributed by atoms with E-state index in [4.69, 9.17) is 16.2 Å². The highest BCUT2D eigenvalue weighted by Gasteiger charge is 2.44. The van der Waals surface area contributed by atoms with E-state index in [1.54, 1.807) is 4.90 Å². The largest absolute Gasteiger partial charge is 0.465 e. The van der Waals surface area contributed by atoms with Gasteiger partial charge in [-0.1, -0.05) is 6.42 Å². The molecule has 3 rings (SSSR count). The highest BCUT2D eigenvalue weighted by Crippen LogP contribution is 2.43. The molecule has 1 aromatic rings. The van der Waals surface area contributed by atoms with E-state index in [2.05, 4.69) is 25.9 Å². The van der Waals surface area contributed by atoms with Crippen LogP contribution in [0, 0.1) is 10.1 Å². The number of carbonyl (C=O) groups is 1. The molecule has 1 aromatic carbocycles. The van der Waals surface area contributed by atoms with Crippen molar-refractivity contribution in [3.63, 3.8) is 0 Å². The molecule has 144 valence electrons. The maximum atomic E-state index is 12.1. The standard InChI is InChI=1S/C16H19BrN6O4/c1-27-13(24)9-7-12(10(17)8-11(9)23(25)26)22-15(19)20-14(18)21-16(22)5-3-2-4-6-16/h7-8H,2-6H2,1H3,(H4,18,19,20,21). The van der Waals surface area contributed by atoms with E-state index in [0.717, 1.165) is 26.4 Å². The summed E-state index contributed by atoms with van der Waals surface area (Å²) in [6.45, 7) is 0. The van der Waals surface area contributed by atoms with Gasteiger partial charge >= 0.3 is 5.97 Å². The van der Waals surface area contributed by atoms with Crippen molar-refractivity contribution in [2.75, 3.05) is 12.0 Å². The number of hydrogen-bond acceptors (Lipinski definition) is 9. The molecule has 1 saturated carbocycles. The molecule has 0 amide bonds. The average Bonchev–Trinajstić information content (AvgIpc) is 2.61. The molecule has 1 fully saturated rings. The van der Waals surface area contributed by atoms with Crippen LogP contribution in [-0.4, -0.2) is 35.6 Å². The number of aliphatic imine (C=N–C) groups is 2. The Morgan fingerprint density at radius 3 is 2.59 bits per heavy atom. The summed E-state index contributed by atoms with van der Waals surface area (Å²) in [6.07, 6.45) is 4.31. The molecule has 4 N–H and O–H groups in total. The van der Waals surface area contributed by atoms with Crippen LogP contribution in [0.4, 0.5) is 11.4 Å². The minimum atomic E-state index is -0.816. The van der Waals surface area contributed by atoms with E-state index < -0.39 is 16.6 Å². The monoisotopic (exact) mass is 438 g/mol. The molecule has 0 radical (unpaired) electrons. The lowest BCUT2D eigenvalue weighted by Gasteiger charge is -2.45. The second kappa shape index (κ2) is 7.14. The number of methoxy groups -OCH3 is 1. The third kappa shape index (κ3) is 3.34. The number of rotatable bonds is 3. The maximum absolute atomic E-state index is 12.1. The minimum Gasteiger partial charge on any atom is -0.465 e. The predicted molar refractivity (Wildman–Crippen MR) is 104 cm³/mol. The summed E-state index contributed by atoms with van der Waals surface area (Å²) in [5.74, 6) is -0.602. The Morgan fingerprint density at radius 1 is 1.33 bits per heavy atom. The van der Waals surface area contributed by atoms with Crippen molar-refractivity contribution < 1.29 is 14.5 Å². The van der Waals surface area contributed by atoms with Gasteiger partial charge in [-0.05, 0) is 47.7 Å². The normalized spacial score (nSPS) is 18.7. The van der Waals surface area contributed by atoms with Gasteiger partial charge < -0.3 is 16.2 Å². The molecule has 11 heteroatoms. The summed E-state index contributed by atoms with van der Waals surface area (Å²) in [5, 5.41) is 11.4. The third-order valence-electron chi connectivity index (χ3n) is 4.76. The van der Waals surface area contributed by atoms with Gasteiger partial charge in [-0.25, -0.2) is 9.79 Å². The van der Waals surface area contributed by atoms with Gasteiger partial charge in [0.15, 0.2) is 0 Å². The van der Waals surface area contributed by atoms with Crippen LogP contribution in [-0.2, 0) is 4.74 Å². The third-order valence-corrected chi connectivity index (χ3v) is 5.39. The molecular formula is C16H19BrN6O4. The van der Waals surface area contributed by atoms with Crippen molar-refractivity contribution in [3.05, 3.63) is 32.3 Å². The zero-order valence-electron chi connectivity index (χ0n) is 14.6. The molecule has 10 nitrogen and oxygen atoms in total. The maximum Gasteiger partial charge on any atom is 0.344 e. The fourth-order valence-electron chi connectivity index (χ4n) is 3.62. The summed E-state index contributed by atoms with van der Waals surface area (Å²) in [5.41, 5.74) is 11.2. The number of benzene rings is 1. The Bertz CT molecular complexity index is 863. The molecule has 2 aliphatic rings. The number of esters is 1. The van der Waals surface area contributed by atoms with Gasteiger partial charge in [0.25, 0.3) is 5.69 Å². The first kappa shape index (κ1) is 19.1. The van der Waals surface area contributed by atoms with Gasteiger partial charge in [0, 0.05) is 10.5 Å². The Balaban J connectivity index is 2.20. The zero-order chi connectivity index (χ0) is 19.8. The summed E-state index contributed by atoms with van der Waals surface area (Å²) in [6, 6.07) is 2.64. The molecule has 0 saturated heterocycles. The molecule has 0 unspecified atom stereocenters.